The monoisotopic (exact) mass is 600 g/mol. The lowest BCUT2D eigenvalue weighted by atomic mass is 9.95. The normalized spacial score (nSPS) is 15.2. The van der Waals surface area contributed by atoms with Crippen LogP contribution in [-0.2, 0) is 14.3 Å². The molecule has 3 aromatic rings. The summed E-state index contributed by atoms with van der Waals surface area (Å²) in [5.74, 6) is -0.664. The number of carboxylic acid groups (broad SMARTS) is 1. The minimum Gasteiger partial charge on any atom is -0.497 e. The van der Waals surface area contributed by atoms with Gasteiger partial charge in [0.1, 0.15) is 11.5 Å². The number of thiazole rings is 1. The predicted molar refractivity (Wildman–Crippen MR) is 145 cm³/mol. The van der Waals surface area contributed by atoms with E-state index in [1.165, 1.54) is 15.9 Å². The van der Waals surface area contributed by atoms with Crippen LogP contribution in [0, 0.1) is 0 Å². The number of hydrogen-bond acceptors (Lipinski definition) is 8. The van der Waals surface area contributed by atoms with Crippen LogP contribution in [0.25, 0.3) is 6.08 Å². The number of aliphatic carboxylic acids is 1. The van der Waals surface area contributed by atoms with E-state index < -0.39 is 24.6 Å². The van der Waals surface area contributed by atoms with Crippen LogP contribution < -0.4 is 24.4 Å². The summed E-state index contributed by atoms with van der Waals surface area (Å²) in [6.45, 7) is 4.79. The minimum atomic E-state index is -1.08. The highest BCUT2D eigenvalue weighted by Crippen LogP contribution is 2.32. The number of benzene rings is 2. The first-order valence-corrected chi connectivity index (χ1v) is 13.2. The van der Waals surface area contributed by atoms with Crippen LogP contribution in [0.5, 0.6) is 11.5 Å². The summed E-state index contributed by atoms with van der Waals surface area (Å²) in [5, 5.41) is 8.84. The Morgan fingerprint density at radius 1 is 1.24 bits per heavy atom. The third-order valence-corrected chi connectivity index (χ3v) is 7.20. The number of ether oxygens (including phenoxy) is 3. The van der Waals surface area contributed by atoms with E-state index in [0.717, 1.165) is 0 Å². The van der Waals surface area contributed by atoms with Crippen molar-refractivity contribution in [2.45, 2.75) is 32.9 Å². The summed E-state index contributed by atoms with van der Waals surface area (Å²) in [4.78, 5) is 42.8. The fraction of sp³-hybridized carbons (Fsp3) is 0.259. The van der Waals surface area contributed by atoms with Crippen LogP contribution in [0.2, 0.25) is 0 Å². The number of allylic oxidation sites excluding steroid dienone is 1. The number of methoxy groups -OCH3 is 1. The average molecular weight is 601 g/mol. The standard InChI is InChI=1S/C27H25BrN2O7S/c1-14(2)37-26(34)23-15(3)29-27-30(24(23)17-6-5-7-18(12-17)35-4)25(33)21(38-27)11-16-8-9-20(19(28)10-16)36-13-22(31)32/h5-12,14,24H,13H2,1-4H3,(H,31,32)/b21-11-/t24-/m1/s1. The highest BCUT2D eigenvalue weighted by molar-refractivity contribution is 9.10. The number of aromatic nitrogens is 1. The molecule has 4 rings (SSSR count). The van der Waals surface area contributed by atoms with Crippen molar-refractivity contribution in [3.05, 3.63) is 89.0 Å². The van der Waals surface area contributed by atoms with E-state index in [2.05, 4.69) is 20.9 Å². The molecule has 0 radical (unpaired) electrons. The molecule has 1 aliphatic heterocycles. The summed E-state index contributed by atoms with van der Waals surface area (Å²) in [6.07, 6.45) is 1.36. The van der Waals surface area contributed by atoms with Crippen molar-refractivity contribution in [3.8, 4) is 11.5 Å². The van der Waals surface area contributed by atoms with E-state index in [-0.39, 0.29) is 17.2 Å². The van der Waals surface area contributed by atoms with Gasteiger partial charge in [0, 0.05) is 0 Å². The van der Waals surface area contributed by atoms with Crippen LogP contribution in [0.4, 0.5) is 0 Å². The molecule has 1 N–H and O–H groups in total. The number of hydrogen-bond donors (Lipinski definition) is 1. The second-order valence-electron chi connectivity index (χ2n) is 8.68. The molecule has 1 atom stereocenters. The highest BCUT2D eigenvalue weighted by Gasteiger charge is 2.34. The molecule has 0 saturated carbocycles. The smallest absolute Gasteiger partial charge is 0.341 e. The minimum absolute atomic E-state index is 0.286. The van der Waals surface area contributed by atoms with Gasteiger partial charge >= 0.3 is 11.9 Å². The van der Waals surface area contributed by atoms with Crippen molar-refractivity contribution < 1.29 is 28.9 Å². The fourth-order valence-electron chi connectivity index (χ4n) is 4.00. The van der Waals surface area contributed by atoms with Crippen molar-refractivity contribution in [2.24, 2.45) is 4.99 Å². The Kier molecular flexibility index (Phi) is 8.17. The van der Waals surface area contributed by atoms with E-state index in [9.17, 15) is 14.4 Å². The van der Waals surface area contributed by atoms with Crippen molar-refractivity contribution in [2.75, 3.05) is 13.7 Å². The highest BCUT2D eigenvalue weighted by atomic mass is 79.9. The van der Waals surface area contributed by atoms with Crippen LogP contribution in [0.1, 0.15) is 37.9 Å². The first-order valence-electron chi connectivity index (χ1n) is 11.6. The van der Waals surface area contributed by atoms with Gasteiger partial charge in [-0.3, -0.25) is 9.36 Å². The van der Waals surface area contributed by atoms with Gasteiger partial charge in [0.2, 0.25) is 0 Å². The molecule has 0 aliphatic carbocycles. The summed E-state index contributed by atoms with van der Waals surface area (Å²) < 4.78 is 18.6. The van der Waals surface area contributed by atoms with Gasteiger partial charge < -0.3 is 19.3 Å². The molecule has 1 aromatic heterocycles. The Balaban J connectivity index is 1.85. The molecule has 0 spiro atoms. The second kappa shape index (κ2) is 11.4. The Morgan fingerprint density at radius 2 is 2.00 bits per heavy atom. The van der Waals surface area contributed by atoms with Gasteiger partial charge in [0.05, 0.1) is 39.5 Å². The largest absolute Gasteiger partial charge is 0.497 e. The molecule has 11 heteroatoms. The van der Waals surface area contributed by atoms with Crippen LogP contribution >= 0.6 is 27.3 Å². The van der Waals surface area contributed by atoms with E-state index >= 15 is 0 Å². The average Bonchev–Trinajstić information content (AvgIpc) is 3.16. The Hall–Kier alpha value is -3.70. The summed E-state index contributed by atoms with van der Waals surface area (Å²) >= 11 is 4.59. The number of carboxylic acids is 1. The van der Waals surface area contributed by atoms with Gasteiger partial charge in [0.15, 0.2) is 11.4 Å². The number of rotatable bonds is 8. The fourth-order valence-corrected chi connectivity index (χ4v) is 5.56. The first kappa shape index (κ1) is 27.3. The van der Waals surface area contributed by atoms with E-state index in [4.69, 9.17) is 19.3 Å². The molecule has 0 bridgehead atoms. The molecule has 2 heterocycles. The number of fused-ring (bicyclic) bond motifs is 1. The number of esters is 1. The van der Waals surface area contributed by atoms with Crippen molar-refractivity contribution in [1.82, 2.24) is 4.57 Å². The molecule has 2 aromatic carbocycles. The molecule has 0 unspecified atom stereocenters. The molecular weight excluding hydrogens is 576 g/mol. The zero-order chi connectivity index (χ0) is 27.6. The molecular formula is C27H25BrN2O7S. The van der Waals surface area contributed by atoms with E-state index in [0.29, 0.717) is 42.1 Å². The maximum absolute atomic E-state index is 13.8. The Bertz CT molecular complexity index is 1620. The summed E-state index contributed by atoms with van der Waals surface area (Å²) in [7, 11) is 1.55. The van der Waals surface area contributed by atoms with Gasteiger partial charge in [-0.25, -0.2) is 14.6 Å². The summed E-state index contributed by atoms with van der Waals surface area (Å²) in [6, 6.07) is 11.5. The van der Waals surface area contributed by atoms with Gasteiger partial charge in [-0.2, -0.15) is 0 Å². The molecule has 198 valence electrons. The van der Waals surface area contributed by atoms with Crippen LogP contribution in [0.15, 0.2) is 68.0 Å². The SMILES string of the molecule is COc1cccc([C@@H]2C(C(=O)OC(C)C)=C(C)N=c3s/c(=C\c4ccc(OCC(=O)O)c(Br)c4)c(=O)n32)c1. The number of carbonyl (C=O) groups is 2. The van der Waals surface area contributed by atoms with Gasteiger partial charge in [-0.15, -0.1) is 0 Å². The van der Waals surface area contributed by atoms with Gasteiger partial charge in [0.25, 0.3) is 5.56 Å². The zero-order valence-electron chi connectivity index (χ0n) is 21.1. The molecule has 0 amide bonds. The number of carbonyl (C=O) groups excluding carboxylic acids is 1. The quantitative estimate of drug-likeness (QED) is 0.394. The molecule has 1 aliphatic rings. The van der Waals surface area contributed by atoms with Crippen molar-refractivity contribution in [3.63, 3.8) is 0 Å². The van der Waals surface area contributed by atoms with Gasteiger partial charge in [-0.1, -0.05) is 29.5 Å². The molecule has 38 heavy (non-hydrogen) atoms. The molecule has 9 nitrogen and oxygen atoms in total. The Morgan fingerprint density at radius 3 is 2.66 bits per heavy atom. The molecule has 0 fully saturated rings. The lowest BCUT2D eigenvalue weighted by Gasteiger charge is -2.25. The maximum atomic E-state index is 13.8. The zero-order valence-corrected chi connectivity index (χ0v) is 23.5. The summed E-state index contributed by atoms with van der Waals surface area (Å²) in [5.41, 5.74) is 1.82. The second-order valence-corrected chi connectivity index (χ2v) is 10.5. The maximum Gasteiger partial charge on any atom is 0.341 e. The third kappa shape index (κ3) is 5.73. The van der Waals surface area contributed by atoms with Crippen molar-refractivity contribution >= 4 is 45.3 Å². The lowest BCUT2D eigenvalue weighted by molar-refractivity contribution is -0.143. The number of nitrogens with zero attached hydrogens (tertiary/aromatic N) is 2. The lowest BCUT2D eigenvalue weighted by Crippen LogP contribution is -2.40. The van der Waals surface area contributed by atoms with Crippen LogP contribution in [-0.4, -0.2) is 41.4 Å². The van der Waals surface area contributed by atoms with Crippen molar-refractivity contribution in [1.29, 1.82) is 0 Å². The van der Waals surface area contributed by atoms with E-state index in [1.807, 2.05) is 6.07 Å². The topological polar surface area (TPSA) is 116 Å². The van der Waals surface area contributed by atoms with Gasteiger partial charge in [-0.05, 0) is 78.2 Å². The third-order valence-electron chi connectivity index (χ3n) is 5.60. The van der Waals surface area contributed by atoms with Crippen LogP contribution in [0.3, 0.4) is 0 Å². The molecule has 0 saturated heterocycles. The van der Waals surface area contributed by atoms with E-state index in [1.54, 1.807) is 70.4 Å². The predicted octanol–water partition coefficient (Wildman–Crippen LogP) is 3.42. The first-order chi connectivity index (χ1) is 18.1. The number of halogens is 1. The Labute approximate surface area is 230 Å².